The van der Waals surface area contributed by atoms with Crippen molar-refractivity contribution in [1.29, 1.82) is 0 Å². The lowest BCUT2D eigenvalue weighted by molar-refractivity contribution is -0.130. The molecule has 1 aliphatic heterocycles. The molecule has 3 nitrogen and oxygen atoms in total. The number of methoxy groups -OCH3 is 1. The summed E-state index contributed by atoms with van der Waals surface area (Å²) in [6, 6.07) is 13.6. The molecule has 0 saturated heterocycles. The van der Waals surface area contributed by atoms with Gasteiger partial charge in [0.1, 0.15) is 11.5 Å². The summed E-state index contributed by atoms with van der Waals surface area (Å²) in [5.74, 6) is 0.973. The first-order chi connectivity index (χ1) is 11.1. The van der Waals surface area contributed by atoms with Gasteiger partial charge in [0, 0.05) is 11.1 Å². The van der Waals surface area contributed by atoms with Crippen LogP contribution in [0.1, 0.15) is 22.3 Å². The van der Waals surface area contributed by atoms with Gasteiger partial charge < -0.3 is 9.47 Å². The lowest BCUT2D eigenvalue weighted by atomic mass is 10.0. The number of benzene rings is 2. The summed E-state index contributed by atoms with van der Waals surface area (Å²) >= 11 is 0. The number of hydrogen-bond donors (Lipinski definition) is 0. The standard InChI is InChI=1S/C20H18O3/c1-13-8-9-17(14(2)10-13)19-12-16(20(21)23-19)11-15-6-4-5-7-18(15)22-3/h4-12H,1-3H3. The van der Waals surface area contributed by atoms with Crippen LogP contribution < -0.4 is 4.74 Å². The number of carbonyl (C=O) groups is 1. The van der Waals surface area contributed by atoms with Crippen molar-refractivity contribution in [3.63, 3.8) is 0 Å². The molecule has 0 saturated carbocycles. The molecule has 2 aromatic carbocycles. The van der Waals surface area contributed by atoms with Crippen molar-refractivity contribution in [3.05, 3.63) is 76.4 Å². The number of rotatable bonds is 3. The molecule has 0 spiro atoms. The Labute approximate surface area is 135 Å². The fourth-order valence-electron chi connectivity index (χ4n) is 2.66. The highest BCUT2D eigenvalue weighted by Crippen LogP contribution is 2.31. The van der Waals surface area contributed by atoms with E-state index in [4.69, 9.17) is 9.47 Å². The van der Waals surface area contributed by atoms with Crippen LogP contribution in [0.4, 0.5) is 0 Å². The van der Waals surface area contributed by atoms with Gasteiger partial charge >= 0.3 is 5.97 Å². The van der Waals surface area contributed by atoms with E-state index in [2.05, 4.69) is 6.07 Å². The maximum atomic E-state index is 12.2. The molecule has 1 heterocycles. The SMILES string of the molecule is COc1ccccc1C=C1C=C(c2ccc(C)cc2C)OC1=O. The second-order valence-corrected chi connectivity index (χ2v) is 5.56. The molecule has 23 heavy (non-hydrogen) atoms. The van der Waals surface area contributed by atoms with Crippen molar-refractivity contribution in [2.75, 3.05) is 7.11 Å². The molecule has 1 aliphatic rings. The van der Waals surface area contributed by atoms with Gasteiger partial charge in [0.05, 0.1) is 12.7 Å². The quantitative estimate of drug-likeness (QED) is 0.627. The van der Waals surface area contributed by atoms with Gasteiger partial charge in [-0.3, -0.25) is 0 Å². The summed E-state index contributed by atoms with van der Waals surface area (Å²) in [4.78, 5) is 12.2. The molecule has 0 atom stereocenters. The molecule has 3 heteroatoms. The van der Waals surface area contributed by atoms with E-state index < -0.39 is 0 Å². The van der Waals surface area contributed by atoms with Crippen molar-refractivity contribution >= 4 is 17.8 Å². The normalized spacial score (nSPS) is 15.5. The van der Waals surface area contributed by atoms with Crippen molar-refractivity contribution in [2.24, 2.45) is 0 Å². The van der Waals surface area contributed by atoms with Gasteiger partial charge in [0.25, 0.3) is 0 Å². The van der Waals surface area contributed by atoms with E-state index in [1.165, 1.54) is 5.56 Å². The minimum absolute atomic E-state index is 0.342. The molecule has 0 aromatic heterocycles. The van der Waals surface area contributed by atoms with E-state index >= 15 is 0 Å². The molecule has 0 N–H and O–H groups in total. The lowest BCUT2D eigenvalue weighted by Gasteiger charge is -2.06. The van der Waals surface area contributed by atoms with E-state index in [-0.39, 0.29) is 5.97 Å². The van der Waals surface area contributed by atoms with Crippen molar-refractivity contribution in [1.82, 2.24) is 0 Å². The van der Waals surface area contributed by atoms with Crippen LogP contribution in [0.15, 0.2) is 54.1 Å². The molecule has 0 fully saturated rings. The largest absolute Gasteiger partial charge is 0.496 e. The maximum Gasteiger partial charge on any atom is 0.343 e. The second kappa shape index (κ2) is 6.13. The van der Waals surface area contributed by atoms with Gasteiger partial charge in [0.2, 0.25) is 0 Å². The number of carbonyl (C=O) groups excluding carboxylic acids is 1. The van der Waals surface area contributed by atoms with Gasteiger partial charge in [-0.15, -0.1) is 0 Å². The zero-order valence-electron chi connectivity index (χ0n) is 13.4. The second-order valence-electron chi connectivity index (χ2n) is 5.56. The molecule has 116 valence electrons. The minimum Gasteiger partial charge on any atom is -0.496 e. The van der Waals surface area contributed by atoms with Crippen LogP contribution in [-0.4, -0.2) is 13.1 Å². The van der Waals surface area contributed by atoms with Crippen molar-refractivity contribution in [3.8, 4) is 5.75 Å². The van der Waals surface area contributed by atoms with E-state index in [9.17, 15) is 4.79 Å². The van der Waals surface area contributed by atoms with Crippen LogP contribution in [-0.2, 0) is 9.53 Å². The Bertz CT molecular complexity index is 829. The first kappa shape index (κ1) is 15.1. The van der Waals surface area contributed by atoms with Gasteiger partial charge in [-0.1, -0.05) is 42.0 Å². The first-order valence-electron chi connectivity index (χ1n) is 7.44. The number of hydrogen-bond acceptors (Lipinski definition) is 3. The smallest absolute Gasteiger partial charge is 0.343 e. The fourth-order valence-corrected chi connectivity index (χ4v) is 2.66. The molecule has 0 amide bonds. The Morgan fingerprint density at radius 3 is 2.61 bits per heavy atom. The zero-order valence-corrected chi connectivity index (χ0v) is 13.4. The predicted molar refractivity (Wildman–Crippen MR) is 91.0 cm³/mol. The van der Waals surface area contributed by atoms with Crippen LogP contribution in [0.25, 0.3) is 11.8 Å². The Morgan fingerprint density at radius 2 is 1.87 bits per heavy atom. The Balaban J connectivity index is 2.00. The van der Waals surface area contributed by atoms with Crippen LogP contribution in [0.3, 0.4) is 0 Å². The van der Waals surface area contributed by atoms with Gasteiger partial charge in [-0.2, -0.15) is 0 Å². The summed E-state index contributed by atoms with van der Waals surface area (Å²) in [5, 5.41) is 0. The van der Waals surface area contributed by atoms with Crippen LogP contribution >= 0.6 is 0 Å². The Morgan fingerprint density at radius 1 is 1.09 bits per heavy atom. The molecule has 0 bridgehead atoms. The first-order valence-corrected chi connectivity index (χ1v) is 7.44. The molecule has 2 aromatic rings. The Kier molecular flexibility index (Phi) is 4.02. The summed E-state index contributed by atoms with van der Waals surface area (Å²) < 4.78 is 10.8. The predicted octanol–water partition coefficient (Wildman–Crippen LogP) is 4.29. The zero-order chi connectivity index (χ0) is 16.4. The van der Waals surface area contributed by atoms with Crippen molar-refractivity contribution in [2.45, 2.75) is 13.8 Å². The van der Waals surface area contributed by atoms with Gasteiger partial charge in [-0.05, 0) is 37.6 Å². The molecule has 0 unspecified atom stereocenters. The average molecular weight is 306 g/mol. The molecular formula is C20H18O3. The Hall–Kier alpha value is -2.81. The monoisotopic (exact) mass is 306 g/mol. The summed E-state index contributed by atoms with van der Waals surface area (Å²) in [6.45, 7) is 4.05. The number of esters is 1. The third kappa shape index (κ3) is 3.04. The van der Waals surface area contributed by atoms with E-state index in [1.807, 2.05) is 50.2 Å². The third-order valence-electron chi connectivity index (χ3n) is 3.82. The molecule has 0 radical (unpaired) electrons. The highest BCUT2D eigenvalue weighted by Gasteiger charge is 2.23. The lowest BCUT2D eigenvalue weighted by Crippen LogP contribution is -1.98. The highest BCUT2D eigenvalue weighted by atomic mass is 16.5. The highest BCUT2D eigenvalue weighted by molar-refractivity contribution is 6.05. The molecule has 0 aliphatic carbocycles. The third-order valence-corrected chi connectivity index (χ3v) is 3.82. The molecule has 3 rings (SSSR count). The van der Waals surface area contributed by atoms with E-state index in [0.29, 0.717) is 11.3 Å². The number of aryl methyl sites for hydroxylation is 2. The number of ether oxygens (including phenoxy) is 2. The average Bonchev–Trinajstić information content (AvgIpc) is 2.88. The minimum atomic E-state index is -0.342. The topological polar surface area (TPSA) is 35.5 Å². The van der Waals surface area contributed by atoms with Gasteiger partial charge in [-0.25, -0.2) is 4.79 Å². The number of cyclic esters (lactones) is 1. The molecular weight excluding hydrogens is 288 g/mol. The fraction of sp³-hybridized carbons (Fsp3) is 0.150. The number of para-hydroxylation sites is 1. The van der Waals surface area contributed by atoms with Crippen LogP contribution in [0.5, 0.6) is 5.75 Å². The van der Waals surface area contributed by atoms with Crippen molar-refractivity contribution < 1.29 is 14.3 Å². The van der Waals surface area contributed by atoms with Crippen LogP contribution in [0, 0.1) is 13.8 Å². The van der Waals surface area contributed by atoms with E-state index in [0.717, 1.165) is 22.4 Å². The van der Waals surface area contributed by atoms with Gasteiger partial charge in [0.15, 0.2) is 0 Å². The summed E-state index contributed by atoms with van der Waals surface area (Å²) in [7, 11) is 1.61. The summed E-state index contributed by atoms with van der Waals surface area (Å²) in [5.41, 5.74) is 4.57. The summed E-state index contributed by atoms with van der Waals surface area (Å²) in [6.07, 6.45) is 3.57. The van der Waals surface area contributed by atoms with E-state index in [1.54, 1.807) is 19.3 Å². The van der Waals surface area contributed by atoms with Crippen LogP contribution in [0.2, 0.25) is 0 Å². The maximum absolute atomic E-state index is 12.2.